The predicted molar refractivity (Wildman–Crippen MR) is 204 cm³/mol. The lowest BCUT2D eigenvalue weighted by Crippen LogP contribution is -2.21. The van der Waals surface area contributed by atoms with Gasteiger partial charge in [0.25, 0.3) is 0 Å². The van der Waals surface area contributed by atoms with Crippen LogP contribution in [0, 0.1) is 11.8 Å². The Morgan fingerprint density at radius 1 is 0.729 bits per heavy atom. The molecular formula is C40H38F6N8O5. The Morgan fingerprint density at radius 2 is 1.17 bits per heavy atom. The number of nitrogens with zero attached hydrogens (tertiary/aromatic N) is 4. The highest BCUT2D eigenvalue weighted by Gasteiger charge is 2.34. The molecule has 13 nitrogen and oxygen atoms in total. The number of anilines is 4. The number of benzene rings is 2. The molecule has 0 radical (unpaired) electrons. The molecule has 0 fully saturated rings. The predicted octanol–water partition coefficient (Wildman–Crippen LogP) is 8.73. The largest absolute Gasteiger partial charge is 0.495 e. The highest BCUT2D eigenvalue weighted by atomic mass is 19.4. The smallest absolute Gasteiger partial charge is 0.416 e. The fourth-order valence-corrected chi connectivity index (χ4v) is 7.67. The number of ether oxygens (including phenoxy) is 2. The second kappa shape index (κ2) is 16.1. The molecule has 2 aliphatic carbocycles. The van der Waals surface area contributed by atoms with Gasteiger partial charge in [-0.3, -0.25) is 9.59 Å². The molecule has 19 heteroatoms. The second-order valence-electron chi connectivity index (χ2n) is 14.2. The van der Waals surface area contributed by atoms with Crippen molar-refractivity contribution in [2.24, 2.45) is 11.8 Å². The summed E-state index contributed by atoms with van der Waals surface area (Å²) in [6, 6.07) is 6.36. The van der Waals surface area contributed by atoms with Gasteiger partial charge in [0.2, 0.25) is 0 Å². The van der Waals surface area contributed by atoms with Crippen LogP contribution in [0.3, 0.4) is 0 Å². The summed E-state index contributed by atoms with van der Waals surface area (Å²) in [7, 11) is 2.75. The summed E-state index contributed by atoms with van der Waals surface area (Å²) in [5, 5.41) is 16.6. The lowest BCUT2D eigenvalue weighted by Gasteiger charge is -2.21. The summed E-state index contributed by atoms with van der Waals surface area (Å²) in [5.74, 6) is -0.126. The van der Waals surface area contributed by atoms with Gasteiger partial charge in [-0.2, -0.15) is 26.3 Å². The first-order valence-electron chi connectivity index (χ1n) is 18.6. The Morgan fingerprint density at radius 3 is 1.58 bits per heavy atom. The van der Waals surface area contributed by atoms with E-state index in [0.29, 0.717) is 66.4 Å². The summed E-state index contributed by atoms with van der Waals surface area (Å²) in [6.07, 6.45) is -2.47. The molecule has 4 aromatic heterocycles. The molecule has 310 valence electrons. The first-order valence-corrected chi connectivity index (χ1v) is 18.6. The number of Topliss-reactive ketones (excluding diaryl/α,β-unsaturated/α-hetero) is 1. The van der Waals surface area contributed by atoms with Gasteiger partial charge in [-0.1, -0.05) is 6.92 Å². The van der Waals surface area contributed by atoms with Gasteiger partial charge in [-0.25, -0.2) is 19.9 Å². The fourth-order valence-electron chi connectivity index (χ4n) is 7.67. The average molecular weight is 825 g/mol. The Bertz CT molecular complexity index is 2550. The summed E-state index contributed by atoms with van der Waals surface area (Å²) in [5.41, 5.74) is 3.31. The molecule has 0 saturated heterocycles. The van der Waals surface area contributed by atoms with Crippen LogP contribution >= 0.6 is 0 Å². The van der Waals surface area contributed by atoms with E-state index in [1.54, 1.807) is 0 Å². The number of hydrogen-bond acceptors (Lipinski definition) is 10. The molecule has 8 rings (SSSR count). The maximum Gasteiger partial charge on any atom is 0.416 e. The van der Waals surface area contributed by atoms with E-state index >= 15 is 0 Å². The van der Waals surface area contributed by atoms with E-state index in [2.05, 4.69) is 40.5 Å². The van der Waals surface area contributed by atoms with Crippen molar-refractivity contribution in [2.45, 2.75) is 64.2 Å². The number of carboxylic acid groups (broad SMARTS) is 1. The average Bonchev–Trinajstić information content (AvgIpc) is 3.78. The number of carbonyl (C=O) groups is 2. The van der Waals surface area contributed by atoms with E-state index in [1.165, 1.54) is 39.0 Å². The van der Waals surface area contributed by atoms with E-state index in [1.807, 2.05) is 6.92 Å². The van der Waals surface area contributed by atoms with Gasteiger partial charge in [-0.05, 0) is 86.1 Å². The third kappa shape index (κ3) is 8.31. The summed E-state index contributed by atoms with van der Waals surface area (Å²) in [4.78, 5) is 47.1. The number of rotatable bonds is 9. The molecule has 2 aromatic carbocycles. The maximum absolute atomic E-state index is 13.2. The molecule has 4 heterocycles. The number of hydrogen-bond donors (Lipinski definition) is 5. The van der Waals surface area contributed by atoms with Crippen LogP contribution in [0.2, 0.25) is 0 Å². The van der Waals surface area contributed by atoms with Gasteiger partial charge >= 0.3 is 18.3 Å². The number of nitrogens with one attached hydrogen (secondary N) is 4. The number of aryl methyl sites for hydroxylation is 2. The van der Waals surface area contributed by atoms with Gasteiger partial charge in [-0.15, -0.1) is 0 Å². The molecule has 6 aromatic rings. The summed E-state index contributed by atoms with van der Waals surface area (Å²) < 4.78 is 89.4. The number of alkyl halides is 6. The third-order valence-corrected chi connectivity index (χ3v) is 10.7. The van der Waals surface area contributed by atoms with Gasteiger partial charge in [0.15, 0.2) is 0 Å². The van der Waals surface area contributed by atoms with Crippen LogP contribution in [-0.4, -0.2) is 61.0 Å². The Kier molecular flexibility index (Phi) is 11.1. The zero-order valence-electron chi connectivity index (χ0n) is 31.9. The molecular weight excluding hydrogens is 786 g/mol. The first kappa shape index (κ1) is 40.8. The molecule has 5 N–H and O–H groups in total. The Balaban J connectivity index is 0.000000179. The minimum atomic E-state index is -4.51. The molecule has 2 unspecified atom stereocenters. The zero-order chi connectivity index (χ0) is 42.2. The molecule has 0 amide bonds. The van der Waals surface area contributed by atoms with Crippen molar-refractivity contribution in [2.75, 3.05) is 24.9 Å². The second-order valence-corrected chi connectivity index (χ2v) is 14.2. The van der Waals surface area contributed by atoms with Crippen molar-refractivity contribution >= 4 is 56.8 Å². The third-order valence-electron chi connectivity index (χ3n) is 10.7. The normalized spacial score (nSPS) is 16.4. The van der Waals surface area contributed by atoms with Gasteiger partial charge in [0, 0.05) is 23.7 Å². The van der Waals surface area contributed by atoms with Crippen LogP contribution in [0.4, 0.5) is 49.4 Å². The zero-order valence-corrected chi connectivity index (χ0v) is 31.9. The number of carboxylic acids is 1. The monoisotopic (exact) mass is 824 g/mol. The Hall–Kier alpha value is -6.40. The number of fused-ring (bicyclic) bond motifs is 6. The highest BCUT2D eigenvalue weighted by Crippen LogP contribution is 2.41. The number of carbonyl (C=O) groups excluding carboxylic acids is 1. The van der Waals surface area contributed by atoms with E-state index in [9.17, 15) is 41.0 Å². The first-order chi connectivity index (χ1) is 28.1. The van der Waals surface area contributed by atoms with Crippen LogP contribution in [-0.2, 0) is 47.6 Å². The number of aliphatic carboxylic acids is 1. The van der Waals surface area contributed by atoms with Crippen LogP contribution in [0.5, 0.6) is 11.5 Å². The van der Waals surface area contributed by atoms with E-state index in [0.717, 1.165) is 53.2 Å². The SMILES string of the molecule is CCC(=O)C1CCc2[nH]c3ncnc(Nc4cc(C(F)(F)F)ccc4OC)c3c2C1.COc1ccc(C(F)(F)F)cc1Nc1ncnc2[nH]c3c(c12)CC(C(=O)O)CC3. The van der Waals surface area contributed by atoms with Crippen LogP contribution in [0.15, 0.2) is 49.1 Å². The van der Waals surface area contributed by atoms with Crippen LogP contribution < -0.4 is 20.1 Å². The molecule has 59 heavy (non-hydrogen) atoms. The van der Waals surface area contributed by atoms with Crippen molar-refractivity contribution in [1.82, 2.24) is 29.9 Å². The molecule has 2 aliphatic rings. The lowest BCUT2D eigenvalue weighted by atomic mass is 9.83. The number of methoxy groups -OCH3 is 2. The molecule has 0 aliphatic heterocycles. The summed E-state index contributed by atoms with van der Waals surface area (Å²) >= 11 is 0. The van der Waals surface area contributed by atoms with Crippen molar-refractivity contribution in [3.8, 4) is 11.5 Å². The minimum Gasteiger partial charge on any atom is -0.495 e. The van der Waals surface area contributed by atoms with Crippen molar-refractivity contribution in [1.29, 1.82) is 0 Å². The fraction of sp³-hybridized carbons (Fsp3) is 0.350. The number of H-pyrrole nitrogens is 2. The Labute approximate surface area is 332 Å². The van der Waals surface area contributed by atoms with Crippen molar-refractivity contribution < 1.29 is 50.5 Å². The number of aromatic amines is 2. The van der Waals surface area contributed by atoms with Gasteiger partial charge < -0.3 is 35.2 Å². The standard InChI is InChI=1S/C21H21F3N4O2.C19H17F3N4O3/c1-3-16(29)11-4-6-14-13(8-11)18-19(27-14)25-10-26-20(18)28-15-9-12(21(22,23)24)5-7-17(15)30-2;1-29-14-5-3-10(19(20,21)22)7-13(14)26-17-15-11-6-9(18(27)28)2-4-12(11)25-16(15)23-8-24-17/h5,7,9-11H,3-4,6,8H2,1-2H3,(H2,25,26,27,28);3,5,7-9H,2,4,6H2,1H3,(H,27,28)(H2,23,24,25,26). The highest BCUT2D eigenvalue weighted by molar-refractivity contribution is 5.95. The van der Waals surface area contributed by atoms with Crippen LogP contribution in [0.1, 0.15) is 59.8 Å². The molecule has 0 saturated carbocycles. The van der Waals surface area contributed by atoms with Crippen molar-refractivity contribution in [3.63, 3.8) is 0 Å². The van der Waals surface area contributed by atoms with Crippen molar-refractivity contribution in [3.05, 3.63) is 82.7 Å². The van der Waals surface area contributed by atoms with Gasteiger partial charge in [0.05, 0.1) is 53.4 Å². The lowest BCUT2D eigenvalue weighted by molar-refractivity contribution is -0.142. The topological polar surface area (TPSA) is 180 Å². The molecule has 2 atom stereocenters. The maximum atomic E-state index is 13.2. The van der Waals surface area contributed by atoms with E-state index in [4.69, 9.17) is 9.47 Å². The van der Waals surface area contributed by atoms with E-state index < -0.39 is 35.4 Å². The number of ketones is 1. The van der Waals surface area contributed by atoms with E-state index in [-0.39, 0.29) is 40.4 Å². The number of halogens is 6. The number of aromatic nitrogens is 6. The quantitative estimate of drug-likeness (QED) is 0.0880. The molecule has 0 bridgehead atoms. The summed E-state index contributed by atoms with van der Waals surface area (Å²) in [6.45, 7) is 1.85. The van der Waals surface area contributed by atoms with Crippen LogP contribution in [0.25, 0.3) is 22.1 Å². The van der Waals surface area contributed by atoms with Gasteiger partial charge in [0.1, 0.15) is 52.9 Å². The molecule has 0 spiro atoms. The minimum absolute atomic E-state index is 0.0716.